The quantitative estimate of drug-likeness (QED) is 0.807. The Morgan fingerprint density at radius 1 is 1.44 bits per heavy atom. The van der Waals surface area contributed by atoms with E-state index in [0.29, 0.717) is 6.54 Å². The Labute approximate surface area is 102 Å². The fraction of sp³-hybridized carbons (Fsp3) is 0.444. The fourth-order valence-corrected chi connectivity index (χ4v) is 1.78. The van der Waals surface area contributed by atoms with Gasteiger partial charge in [0.2, 0.25) is 5.91 Å². The third kappa shape index (κ3) is 1.98. The van der Waals surface area contributed by atoms with Crippen LogP contribution in [0.5, 0.6) is 0 Å². The molecule has 1 aromatic rings. The van der Waals surface area contributed by atoms with Crippen LogP contribution in [0.25, 0.3) is 0 Å². The molecule has 1 fully saturated rings. The van der Waals surface area contributed by atoms with Crippen molar-refractivity contribution in [2.75, 3.05) is 11.9 Å². The topological polar surface area (TPSA) is 80.9 Å². The third-order valence-corrected chi connectivity index (χ3v) is 3.29. The molecule has 0 saturated heterocycles. The van der Waals surface area contributed by atoms with Crippen molar-refractivity contribution in [3.05, 3.63) is 16.6 Å². The van der Waals surface area contributed by atoms with Crippen LogP contribution in [0.2, 0.25) is 10.3 Å². The number of anilines is 1. The van der Waals surface area contributed by atoms with E-state index in [1.807, 2.05) is 0 Å². The summed E-state index contributed by atoms with van der Waals surface area (Å²) in [4.78, 5) is 19.4. The Bertz CT molecular complexity index is 413. The van der Waals surface area contributed by atoms with Gasteiger partial charge in [-0.15, -0.1) is 0 Å². The molecule has 0 radical (unpaired) electrons. The van der Waals surface area contributed by atoms with Crippen LogP contribution in [0.3, 0.4) is 0 Å². The molecule has 5 nitrogen and oxygen atoms in total. The maximum atomic E-state index is 11.9. The van der Waals surface area contributed by atoms with Gasteiger partial charge in [-0.05, 0) is 12.8 Å². The van der Waals surface area contributed by atoms with Crippen LogP contribution in [0.15, 0.2) is 6.33 Å². The number of hydrogen-bond donors (Lipinski definition) is 2. The van der Waals surface area contributed by atoms with Crippen LogP contribution in [-0.4, -0.2) is 22.4 Å². The Morgan fingerprint density at radius 3 is 2.44 bits per heavy atom. The van der Waals surface area contributed by atoms with Gasteiger partial charge in [-0.2, -0.15) is 0 Å². The van der Waals surface area contributed by atoms with Crippen LogP contribution in [0.1, 0.15) is 12.8 Å². The van der Waals surface area contributed by atoms with Crippen LogP contribution in [0, 0.1) is 5.41 Å². The zero-order valence-corrected chi connectivity index (χ0v) is 9.85. The van der Waals surface area contributed by atoms with E-state index in [1.165, 1.54) is 6.33 Å². The molecule has 16 heavy (non-hydrogen) atoms. The summed E-state index contributed by atoms with van der Waals surface area (Å²) in [6, 6.07) is 0. The molecule has 0 atom stereocenters. The summed E-state index contributed by atoms with van der Waals surface area (Å²) in [5.41, 5.74) is 5.33. The van der Waals surface area contributed by atoms with Crippen molar-refractivity contribution in [1.82, 2.24) is 9.97 Å². The molecule has 0 unspecified atom stereocenters. The molecule has 1 saturated carbocycles. The highest BCUT2D eigenvalue weighted by Crippen LogP contribution is 2.45. The molecule has 0 spiro atoms. The molecule has 86 valence electrons. The molecule has 1 heterocycles. The van der Waals surface area contributed by atoms with Gasteiger partial charge >= 0.3 is 0 Å². The molecule has 1 amide bonds. The van der Waals surface area contributed by atoms with Gasteiger partial charge in [0.25, 0.3) is 0 Å². The second kappa shape index (κ2) is 4.16. The van der Waals surface area contributed by atoms with Gasteiger partial charge in [-0.1, -0.05) is 23.2 Å². The molecule has 1 aromatic heterocycles. The highest BCUT2D eigenvalue weighted by molar-refractivity contribution is 6.38. The second-order valence-electron chi connectivity index (χ2n) is 3.77. The number of amides is 1. The van der Waals surface area contributed by atoms with E-state index in [-0.39, 0.29) is 21.9 Å². The summed E-state index contributed by atoms with van der Waals surface area (Å²) in [6.45, 7) is 0.321. The zero-order chi connectivity index (χ0) is 11.8. The van der Waals surface area contributed by atoms with Crippen LogP contribution < -0.4 is 11.1 Å². The summed E-state index contributed by atoms with van der Waals surface area (Å²) in [7, 11) is 0. The number of nitrogens with one attached hydrogen (secondary N) is 1. The average molecular weight is 261 g/mol. The van der Waals surface area contributed by atoms with E-state index >= 15 is 0 Å². The molecular formula is C9H10Cl2N4O. The lowest BCUT2D eigenvalue weighted by molar-refractivity contribution is -0.120. The van der Waals surface area contributed by atoms with Crippen molar-refractivity contribution in [1.29, 1.82) is 0 Å². The predicted molar refractivity (Wildman–Crippen MR) is 61.4 cm³/mol. The predicted octanol–water partition coefficient (Wildman–Crippen LogP) is 1.46. The normalized spacial score (nSPS) is 16.9. The minimum absolute atomic E-state index is 0.126. The summed E-state index contributed by atoms with van der Waals surface area (Å²) >= 11 is 11.6. The van der Waals surface area contributed by atoms with Gasteiger partial charge < -0.3 is 11.1 Å². The molecule has 7 heteroatoms. The Hall–Kier alpha value is -0.910. The Balaban J connectivity index is 2.18. The highest BCUT2D eigenvalue weighted by atomic mass is 35.5. The van der Waals surface area contributed by atoms with Gasteiger partial charge in [0, 0.05) is 6.54 Å². The van der Waals surface area contributed by atoms with Gasteiger partial charge in [0.15, 0.2) is 10.3 Å². The van der Waals surface area contributed by atoms with Crippen molar-refractivity contribution >= 4 is 34.8 Å². The van der Waals surface area contributed by atoms with Crippen molar-refractivity contribution in [2.45, 2.75) is 12.8 Å². The van der Waals surface area contributed by atoms with E-state index in [0.717, 1.165) is 12.8 Å². The number of carbonyl (C=O) groups excluding carboxylic acids is 1. The van der Waals surface area contributed by atoms with E-state index in [1.54, 1.807) is 0 Å². The number of nitrogens with two attached hydrogens (primary N) is 1. The number of halogens is 2. The molecule has 2 rings (SSSR count). The number of rotatable bonds is 3. The van der Waals surface area contributed by atoms with Crippen molar-refractivity contribution in [3.63, 3.8) is 0 Å². The average Bonchev–Trinajstić information content (AvgIpc) is 3.04. The Kier molecular flexibility index (Phi) is 3.01. The largest absolute Gasteiger partial charge is 0.329 e. The van der Waals surface area contributed by atoms with Crippen molar-refractivity contribution in [2.24, 2.45) is 11.1 Å². The van der Waals surface area contributed by atoms with Gasteiger partial charge in [-0.3, -0.25) is 4.79 Å². The minimum atomic E-state index is -0.456. The van der Waals surface area contributed by atoms with E-state index in [9.17, 15) is 4.79 Å². The molecule has 0 aromatic carbocycles. The zero-order valence-electron chi connectivity index (χ0n) is 8.33. The summed E-state index contributed by atoms with van der Waals surface area (Å²) in [6.07, 6.45) is 2.81. The van der Waals surface area contributed by atoms with E-state index < -0.39 is 5.41 Å². The van der Waals surface area contributed by atoms with Crippen molar-refractivity contribution in [3.8, 4) is 0 Å². The first-order valence-electron chi connectivity index (χ1n) is 4.76. The number of nitrogens with zero attached hydrogens (tertiary/aromatic N) is 2. The second-order valence-corrected chi connectivity index (χ2v) is 4.48. The summed E-state index contributed by atoms with van der Waals surface area (Å²) in [5, 5.41) is 2.88. The van der Waals surface area contributed by atoms with Gasteiger partial charge in [-0.25, -0.2) is 9.97 Å². The number of hydrogen-bond acceptors (Lipinski definition) is 4. The first kappa shape index (κ1) is 11.6. The monoisotopic (exact) mass is 260 g/mol. The molecule has 0 bridgehead atoms. The lowest BCUT2D eigenvalue weighted by atomic mass is 10.1. The summed E-state index contributed by atoms with van der Waals surface area (Å²) < 4.78 is 0. The maximum absolute atomic E-state index is 11.9. The maximum Gasteiger partial charge on any atom is 0.232 e. The van der Waals surface area contributed by atoms with Gasteiger partial charge in [0.1, 0.15) is 12.0 Å². The van der Waals surface area contributed by atoms with E-state index in [4.69, 9.17) is 28.9 Å². The number of aromatic nitrogens is 2. The number of carbonyl (C=O) groups is 1. The van der Waals surface area contributed by atoms with Gasteiger partial charge in [0.05, 0.1) is 5.41 Å². The molecule has 0 aliphatic heterocycles. The molecule has 1 aliphatic carbocycles. The van der Waals surface area contributed by atoms with Crippen molar-refractivity contribution < 1.29 is 4.79 Å². The van der Waals surface area contributed by atoms with Crippen LogP contribution in [-0.2, 0) is 4.79 Å². The summed E-state index contributed by atoms with van der Waals surface area (Å²) in [5.74, 6) is -0.173. The first-order valence-corrected chi connectivity index (χ1v) is 5.52. The molecular weight excluding hydrogens is 251 g/mol. The fourth-order valence-electron chi connectivity index (χ4n) is 1.37. The highest BCUT2D eigenvalue weighted by Gasteiger charge is 2.48. The standard InChI is InChI=1S/C9H10Cl2N4O/c10-6-5(7(11)14-4-13-6)15-8(16)9(3-12)1-2-9/h4H,1-3,12H2,(H,15,16). The first-order chi connectivity index (χ1) is 7.59. The third-order valence-electron chi connectivity index (χ3n) is 2.72. The smallest absolute Gasteiger partial charge is 0.232 e. The molecule has 3 N–H and O–H groups in total. The lowest BCUT2D eigenvalue weighted by Gasteiger charge is -2.13. The Morgan fingerprint density at radius 2 is 2.00 bits per heavy atom. The van der Waals surface area contributed by atoms with Crippen LogP contribution >= 0.6 is 23.2 Å². The van der Waals surface area contributed by atoms with Crippen LogP contribution in [0.4, 0.5) is 5.69 Å². The van der Waals surface area contributed by atoms with E-state index in [2.05, 4.69) is 15.3 Å². The minimum Gasteiger partial charge on any atom is -0.329 e. The SMILES string of the molecule is NCC1(C(=O)Nc2c(Cl)ncnc2Cl)CC1. The lowest BCUT2D eigenvalue weighted by Crippen LogP contribution is -2.31. The molecule has 1 aliphatic rings.